The first-order chi connectivity index (χ1) is 17.5. The maximum atomic E-state index is 14.4. The smallest absolute Gasteiger partial charge is 0.356 e. The first-order valence-corrected chi connectivity index (χ1v) is 13.1. The summed E-state index contributed by atoms with van der Waals surface area (Å²) in [6, 6.07) is 14.0. The summed E-state index contributed by atoms with van der Waals surface area (Å²) in [5.74, 6) is -2.44. The van der Waals surface area contributed by atoms with Crippen LogP contribution in [0.1, 0.15) is 55.7 Å². The normalized spacial score (nSPS) is 17.9. The van der Waals surface area contributed by atoms with E-state index in [0.717, 1.165) is 31.0 Å². The van der Waals surface area contributed by atoms with Crippen molar-refractivity contribution in [2.24, 2.45) is 0 Å². The van der Waals surface area contributed by atoms with Crippen molar-refractivity contribution in [3.63, 3.8) is 0 Å². The van der Waals surface area contributed by atoms with E-state index in [1.165, 1.54) is 55.5 Å². The molecule has 0 saturated heterocycles. The van der Waals surface area contributed by atoms with Crippen LogP contribution in [0.3, 0.4) is 0 Å². The lowest BCUT2D eigenvalue weighted by Gasteiger charge is -2.36. The Morgan fingerprint density at radius 2 is 1.43 bits per heavy atom. The van der Waals surface area contributed by atoms with E-state index < -0.39 is 63.4 Å². The largest absolute Gasteiger partial charge is 0.421 e. The van der Waals surface area contributed by atoms with Crippen molar-refractivity contribution in [3.05, 3.63) is 101 Å². The van der Waals surface area contributed by atoms with Gasteiger partial charge < -0.3 is 4.74 Å². The molecule has 37 heavy (non-hydrogen) atoms. The molecule has 0 aliphatic heterocycles. The van der Waals surface area contributed by atoms with Gasteiger partial charge in [0.05, 0.1) is 22.2 Å². The highest BCUT2D eigenvalue weighted by atomic mass is 32.2. The van der Waals surface area contributed by atoms with Crippen LogP contribution in [-0.2, 0) is 32.5 Å². The maximum absolute atomic E-state index is 14.4. The minimum Gasteiger partial charge on any atom is -0.356 e. The first kappa shape index (κ1) is 27.4. The number of hydrogen-bond donors (Lipinski definition) is 0. The summed E-state index contributed by atoms with van der Waals surface area (Å²) >= 11 is 0. The van der Waals surface area contributed by atoms with Gasteiger partial charge >= 0.3 is 6.18 Å². The van der Waals surface area contributed by atoms with E-state index in [4.69, 9.17) is 4.74 Å². The minimum atomic E-state index is -4.88. The molecule has 9 heteroatoms. The van der Waals surface area contributed by atoms with Gasteiger partial charge in [0, 0.05) is 10.5 Å². The highest BCUT2D eigenvalue weighted by Gasteiger charge is 2.56. The molecule has 0 heterocycles. The van der Waals surface area contributed by atoms with Crippen molar-refractivity contribution in [2.75, 3.05) is 0 Å². The molecule has 2 atom stereocenters. The van der Waals surface area contributed by atoms with Gasteiger partial charge in [-0.2, -0.15) is 13.2 Å². The van der Waals surface area contributed by atoms with E-state index in [9.17, 15) is 30.6 Å². The molecule has 1 fully saturated rings. The molecule has 2 unspecified atom stereocenters. The molecule has 3 aromatic rings. The fourth-order valence-electron chi connectivity index (χ4n) is 5.06. The molecular weight excluding hydrogens is 514 g/mol. The maximum Gasteiger partial charge on any atom is 0.421 e. The number of alkyl halides is 3. The van der Waals surface area contributed by atoms with Crippen molar-refractivity contribution in [1.29, 1.82) is 0 Å². The zero-order valence-corrected chi connectivity index (χ0v) is 20.9. The SMILES string of the molecule is CCC(OCc1c(F)cccc1F)(c1ccc(C2(S(=O)c3ccc(F)cc3)CCCC2)cc1)C(F)(F)F. The second kappa shape index (κ2) is 10.6. The van der Waals surface area contributed by atoms with E-state index in [1.54, 1.807) is 0 Å². The molecule has 4 rings (SSSR count). The Balaban J connectivity index is 1.70. The highest BCUT2D eigenvalue weighted by Crippen LogP contribution is 2.49. The van der Waals surface area contributed by atoms with Crippen LogP contribution in [0.5, 0.6) is 0 Å². The van der Waals surface area contributed by atoms with Crippen molar-refractivity contribution < 1.29 is 35.3 Å². The second-order valence-corrected chi connectivity index (χ2v) is 11.0. The van der Waals surface area contributed by atoms with Gasteiger partial charge in [-0.1, -0.05) is 50.1 Å². The quantitative estimate of drug-likeness (QED) is 0.270. The second-order valence-electron chi connectivity index (χ2n) is 9.17. The van der Waals surface area contributed by atoms with Gasteiger partial charge in [0.2, 0.25) is 0 Å². The van der Waals surface area contributed by atoms with Gasteiger partial charge in [0.15, 0.2) is 5.60 Å². The number of halogens is 6. The Morgan fingerprint density at radius 1 is 0.865 bits per heavy atom. The van der Waals surface area contributed by atoms with Gasteiger partial charge in [-0.3, -0.25) is 4.21 Å². The van der Waals surface area contributed by atoms with Crippen LogP contribution in [0.4, 0.5) is 26.3 Å². The third-order valence-electron chi connectivity index (χ3n) is 7.15. The van der Waals surface area contributed by atoms with E-state index in [2.05, 4.69) is 0 Å². The predicted octanol–water partition coefficient (Wildman–Crippen LogP) is 8.07. The summed E-state index contributed by atoms with van der Waals surface area (Å²) in [7, 11) is -1.56. The third kappa shape index (κ3) is 5.08. The standard InChI is InChI=1S/C28H26F6O2S/c1-2-27(28(32,33)34,36-18-23-24(30)6-5-7-25(23)31)20-10-8-19(9-11-20)26(16-3-4-17-26)37(35)22-14-12-21(29)13-15-22/h5-15H,2-4,16-18H2,1H3. The zero-order chi connectivity index (χ0) is 26.8. The van der Waals surface area contributed by atoms with E-state index in [-0.39, 0.29) is 5.56 Å². The van der Waals surface area contributed by atoms with Gasteiger partial charge in [-0.25, -0.2) is 13.2 Å². The van der Waals surface area contributed by atoms with Crippen LogP contribution in [0.25, 0.3) is 0 Å². The summed E-state index contributed by atoms with van der Waals surface area (Å²) < 4.78 is 103. The molecule has 0 radical (unpaired) electrons. The molecule has 3 aromatic carbocycles. The van der Waals surface area contributed by atoms with Crippen LogP contribution >= 0.6 is 0 Å². The first-order valence-electron chi connectivity index (χ1n) is 12.0. The monoisotopic (exact) mass is 540 g/mol. The Labute approximate surface area is 214 Å². The van der Waals surface area contributed by atoms with E-state index in [1.807, 2.05) is 0 Å². The lowest BCUT2D eigenvalue weighted by molar-refractivity contribution is -0.290. The number of ether oxygens (including phenoxy) is 1. The zero-order valence-electron chi connectivity index (χ0n) is 20.1. The number of rotatable bonds is 8. The fraction of sp³-hybridized carbons (Fsp3) is 0.357. The van der Waals surface area contributed by atoms with Crippen molar-refractivity contribution in [1.82, 2.24) is 0 Å². The average Bonchev–Trinajstić information content (AvgIpc) is 3.37. The van der Waals surface area contributed by atoms with Crippen LogP contribution in [0.15, 0.2) is 71.6 Å². The van der Waals surface area contributed by atoms with Gasteiger partial charge in [-0.15, -0.1) is 0 Å². The van der Waals surface area contributed by atoms with E-state index >= 15 is 0 Å². The summed E-state index contributed by atoms with van der Waals surface area (Å²) in [6.07, 6.45) is -2.68. The van der Waals surface area contributed by atoms with E-state index in [0.29, 0.717) is 23.3 Å². The van der Waals surface area contributed by atoms with Gasteiger partial charge in [-0.05, 0) is 66.8 Å². The summed E-state index contributed by atoms with van der Waals surface area (Å²) in [5.41, 5.74) is -2.99. The van der Waals surface area contributed by atoms with Crippen LogP contribution in [0.2, 0.25) is 0 Å². The van der Waals surface area contributed by atoms with Gasteiger partial charge in [0.25, 0.3) is 0 Å². The predicted molar refractivity (Wildman–Crippen MR) is 129 cm³/mol. The van der Waals surface area contributed by atoms with Crippen LogP contribution in [0, 0.1) is 17.5 Å². The molecule has 0 amide bonds. The lowest BCUT2D eigenvalue weighted by Crippen LogP contribution is -2.44. The Hall–Kier alpha value is -2.65. The van der Waals surface area contributed by atoms with Gasteiger partial charge in [0.1, 0.15) is 17.5 Å². The molecule has 1 saturated carbocycles. The third-order valence-corrected chi connectivity index (χ3v) is 9.21. The van der Waals surface area contributed by atoms with Crippen LogP contribution < -0.4 is 0 Å². The molecule has 0 bridgehead atoms. The molecule has 0 aromatic heterocycles. The van der Waals surface area contributed by atoms with Crippen molar-refractivity contribution >= 4 is 10.8 Å². The number of benzene rings is 3. The Bertz CT molecular complexity index is 1230. The van der Waals surface area contributed by atoms with Crippen molar-refractivity contribution in [2.45, 2.75) is 67.1 Å². The fourth-order valence-corrected chi connectivity index (χ4v) is 6.90. The summed E-state index contributed by atoms with van der Waals surface area (Å²) in [5, 5.41) is 0. The number of hydrogen-bond acceptors (Lipinski definition) is 2. The summed E-state index contributed by atoms with van der Waals surface area (Å²) in [4.78, 5) is 0.445. The molecule has 1 aliphatic carbocycles. The molecule has 198 valence electrons. The molecular formula is C28H26F6O2S. The molecule has 1 aliphatic rings. The Morgan fingerprint density at radius 3 is 1.95 bits per heavy atom. The minimum absolute atomic E-state index is 0.219. The topological polar surface area (TPSA) is 26.3 Å². The lowest BCUT2D eigenvalue weighted by atomic mass is 9.87. The summed E-state index contributed by atoms with van der Waals surface area (Å²) in [6.45, 7) is 0.382. The van der Waals surface area contributed by atoms with Crippen LogP contribution in [-0.4, -0.2) is 10.4 Å². The van der Waals surface area contributed by atoms with Crippen molar-refractivity contribution in [3.8, 4) is 0 Å². The molecule has 0 spiro atoms. The highest BCUT2D eigenvalue weighted by molar-refractivity contribution is 7.86. The molecule has 2 nitrogen and oxygen atoms in total. The molecule has 0 N–H and O–H groups in total. The Kier molecular flexibility index (Phi) is 7.85. The average molecular weight is 541 g/mol.